The molecule has 1 saturated heterocycles. The van der Waals surface area contributed by atoms with E-state index in [0.29, 0.717) is 18.0 Å². The number of sulfone groups is 1. The van der Waals surface area contributed by atoms with E-state index < -0.39 is 9.84 Å². The lowest BCUT2D eigenvalue weighted by Gasteiger charge is -2.35. The molecule has 0 aromatic heterocycles. The van der Waals surface area contributed by atoms with Crippen molar-refractivity contribution in [3.05, 3.63) is 29.8 Å². The highest BCUT2D eigenvalue weighted by Crippen LogP contribution is 2.14. The van der Waals surface area contributed by atoms with Gasteiger partial charge in [0.2, 0.25) is 0 Å². The first kappa shape index (κ1) is 19.9. The van der Waals surface area contributed by atoms with Crippen molar-refractivity contribution >= 4 is 15.7 Å². The van der Waals surface area contributed by atoms with Gasteiger partial charge in [-0.3, -0.25) is 9.69 Å². The standard InChI is InChI=1S/C18H28N2O4S/c1-14(2)11-16(20-7-9-24-10-8-20)13-19-18(21)15-5-4-6-17(12-15)25(3,22)23/h4-6,12,14,16H,7-11,13H2,1-3H3,(H,19,21). The molecule has 0 radical (unpaired) electrons. The number of hydrogen-bond donors (Lipinski definition) is 1. The van der Waals surface area contributed by atoms with Crippen LogP contribution in [0.2, 0.25) is 0 Å². The highest BCUT2D eigenvalue weighted by atomic mass is 32.2. The first-order chi connectivity index (χ1) is 11.8. The van der Waals surface area contributed by atoms with Crippen LogP contribution in [0.15, 0.2) is 29.2 Å². The number of nitrogens with zero attached hydrogens (tertiary/aromatic N) is 1. The third-order valence-electron chi connectivity index (χ3n) is 4.33. The number of carbonyl (C=O) groups excluding carboxylic acids is 1. The van der Waals surface area contributed by atoms with Crippen molar-refractivity contribution in [3.63, 3.8) is 0 Å². The number of rotatable bonds is 7. The monoisotopic (exact) mass is 368 g/mol. The van der Waals surface area contributed by atoms with Crippen molar-refractivity contribution in [2.75, 3.05) is 39.1 Å². The molecule has 0 spiro atoms. The van der Waals surface area contributed by atoms with Crippen molar-refractivity contribution in [1.82, 2.24) is 10.2 Å². The van der Waals surface area contributed by atoms with E-state index in [2.05, 4.69) is 24.1 Å². The lowest BCUT2D eigenvalue weighted by atomic mass is 10.0. The molecule has 1 aromatic carbocycles. The maximum atomic E-state index is 12.4. The number of ether oxygens (including phenoxy) is 1. The summed E-state index contributed by atoms with van der Waals surface area (Å²) in [7, 11) is -3.33. The zero-order valence-corrected chi connectivity index (χ0v) is 16.0. The fourth-order valence-electron chi connectivity index (χ4n) is 3.03. The normalized spacial score (nSPS) is 17.4. The molecule has 0 saturated carbocycles. The van der Waals surface area contributed by atoms with Crippen LogP contribution in [0, 0.1) is 5.92 Å². The van der Waals surface area contributed by atoms with Crippen molar-refractivity contribution in [3.8, 4) is 0 Å². The highest BCUT2D eigenvalue weighted by molar-refractivity contribution is 7.90. The SMILES string of the molecule is CC(C)CC(CNC(=O)c1cccc(S(C)(=O)=O)c1)N1CCOCC1. The Kier molecular flexibility index (Phi) is 6.98. The van der Waals surface area contributed by atoms with Crippen molar-refractivity contribution in [1.29, 1.82) is 0 Å². The fourth-order valence-corrected chi connectivity index (χ4v) is 3.70. The summed E-state index contributed by atoms with van der Waals surface area (Å²) in [5.41, 5.74) is 0.369. The lowest BCUT2D eigenvalue weighted by Crippen LogP contribution is -2.49. The molecule has 6 nitrogen and oxygen atoms in total. The molecular formula is C18H28N2O4S. The molecule has 1 aromatic rings. The minimum atomic E-state index is -3.33. The maximum Gasteiger partial charge on any atom is 0.251 e. The van der Waals surface area contributed by atoms with Gasteiger partial charge in [0.1, 0.15) is 0 Å². The molecule has 25 heavy (non-hydrogen) atoms. The van der Waals surface area contributed by atoms with E-state index in [0.717, 1.165) is 39.0 Å². The Bertz CT molecular complexity index is 682. The predicted molar refractivity (Wildman–Crippen MR) is 97.5 cm³/mol. The van der Waals surface area contributed by atoms with Gasteiger partial charge < -0.3 is 10.1 Å². The number of carbonyl (C=O) groups is 1. The summed E-state index contributed by atoms with van der Waals surface area (Å²) < 4.78 is 28.7. The minimum absolute atomic E-state index is 0.159. The molecule has 1 amide bonds. The molecule has 1 unspecified atom stereocenters. The Morgan fingerprint density at radius 2 is 1.96 bits per heavy atom. The molecule has 1 N–H and O–H groups in total. The number of amides is 1. The Hall–Kier alpha value is -1.44. The molecule has 0 bridgehead atoms. The van der Waals surface area contributed by atoms with Crippen molar-refractivity contribution in [2.45, 2.75) is 31.2 Å². The molecule has 7 heteroatoms. The van der Waals surface area contributed by atoms with E-state index in [4.69, 9.17) is 4.74 Å². The van der Waals surface area contributed by atoms with E-state index in [1.165, 1.54) is 12.1 Å². The summed E-state index contributed by atoms with van der Waals surface area (Å²) in [6.07, 6.45) is 2.13. The molecule has 2 rings (SSSR count). The second-order valence-electron chi connectivity index (χ2n) is 6.94. The Morgan fingerprint density at radius 3 is 2.56 bits per heavy atom. The summed E-state index contributed by atoms with van der Waals surface area (Å²) in [6.45, 7) is 8.07. The summed E-state index contributed by atoms with van der Waals surface area (Å²) in [5.74, 6) is 0.283. The van der Waals surface area contributed by atoms with Gasteiger partial charge in [-0.05, 0) is 30.5 Å². The van der Waals surface area contributed by atoms with Crippen LogP contribution in [0.1, 0.15) is 30.6 Å². The first-order valence-electron chi connectivity index (χ1n) is 8.67. The van der Waals surface area contributed by atoms with E-state index >= 15 is 0 Å². The summed E-state index contributed by atoms with van der Waals surface area (Å²) in [5, 5.41) is 2.96. The number of nitrogens with one attached hydrogen (secondary N) is 1. The average Bonchev–Trinajstić information content (AvgIpc) is 2.58. The van der Waals surface area contributed by atoms with Crippen LogP contribution < -0.4 is 5.32 Å². The van der Waals surface area contributed by atoms with Gasteiger partial charge in [-0.2, -0.15) is 0 Å². The second-order valence-corrected chi connectivity index (χ2v) is 8.96. The van der Waals surface area contributed by atoms with Crippen molar-refractivity contribution < 1.29 is 17.9 Å². The lowest BCUT2D eigenvalue weighted by molar-refractivity contribution is 0.0124. The van der Waals surface area contributed by atoms with Gasteiger partial charge in [-0.25, -0.2) is 8.42 Å². The minimum Gasteiger partial charge on any atom is -0.379 e. The molecule has 0 aliphatic carbocycles. The zero-order valence-electron chi connectivity index (χ0n) is 15.2. The molecule has 1 aliphatic rings. The largest absolute Gasteiger partial charge is 0.379 e. The van der Waals surface area contributed by atoms with Crippen LogP contribution in [-0.2, 0) is 14.6 Å². The third-order valence-corrected chi connectivity index (χ3v) is 5.44. The second kappa shape index (κ2) is 8.78. The van der Waals surface area contributed by atoms with Gasteiger partial charge in [0.25, 0.3) is 5.91 Å². The topological polar surface area (TPSA) is 75.7 Å². The quantitative estimate of drug-likeness (QED) is 0.791. The number of hydrogen-bond acceptors (Lipinski definition) is 5. The van der Waals surface area contributed by atoms with Crippen LogP contribution in [-0.4, -0.2) is 64.4 Å². The molecule has 1 aliphatic heterocycles. The van der Waals surface area contributed by atoms with Crippen LogP contribution in [0.3, 0.4) is 0 Å². The third kappa shape index (κ3) is 6.09. The van der Waals surface area contributed by atoms with E-state index in [1.807, 2.05) is 0 Å². The molecular weight excluding hydrogens is 340 g/mol. The molecule has 1 fully saturated rings. The van der Waals surface area contributed by atoms with Gasteiger partial charge in [0, 0.05) is 37.5 Å². The van der Waals surface area contributed by atoms with Gasteiger partial charge in [-0.1, -0.05) is 19.9 Å². The van der Waals surface area contributed by atoms with Crippen LogP contribution in [0.5, 0.6) is 0 Å². The Morgan fingerprint density at radius 1 is 1.28 bits per heavy atom. The summed E-state index contributed by atoms with van der Waals surface area (Å²) >= 11 is 0. The van der Waals surface area contributed by atoms with Gasteiger partial charge in [0.05, 0.1) is 18.1 Å². The maximum absolute atomic E-state index is 12.4. The molecule has 1 atom stereocenters. The predicted octanol–water partition coefficient (Wildman–Crippen LogP) is 1.57. The summed E-state index contributed by atoms with van der Waals surface area (Å²) in [6, 6.07) is 6.42. The van der Waals surface area contributed by atoms with Crippen LogP contribution >= 0.6 is 0 Å². The van der Waals surface area contributed by atoms with Crippen molar-refractivity contribution in [2.24, 2.45) is 5.92 Å². The molecule has 1 heterocycles. The number of benzene rings is 1. The Balaban J connectivity index is 2.02. The van der Waals surface area contributed by atoms with Gasteiger partial charge in [-0.15, -0.1) is 0 Å². The van der Waals surface area contributed by atoms with Gasteiger partial charge >= 0.3 is 0 Å². The van der Waals surface area contributed by atoms with E-state index in [1.54, 1.807) is 12.1 Å². The first-order valence-corrected chi connectivity index (χ1v) is 10.6. The Labute approximate surface area is 150 Å². The van der Waals surface area contributed by atoms with Gasteiger partial charge in [0.15, 0.2) is 9.84 Å². The van der Waals surface area contributed by atoms with Crippen LogP contribution in [0.4, 0.5) is 0 Å². The number of morpholine rings is 1. The van der Waals surface area contributed by atoms with Crippen LogP contribution in [0.25, 0.3) is 0 Å². The van der Waals surface area contributed by atoms with E-state index in [9.17, 15) is 13.2 Å². The summed E-state index contributed by atoms with van der Waals surface area (Å²) in [4.78, 5) is 15.0. The fraction of sp³-hybridized carbons (Fsp3) is 0.611. The van der Waals surface area contributed by atoms with E-state index in [-0.39, 0.29) is 16.8 Å². The smallest absolute Gasteiger partial charge is 0.251 e. The highest BCUT2D eigenvalue weighted by Gasteiger charge is 2.22. The average molecular weight is 368 g/mol. The zero-order chi connectivity index (χ0) is 18.4. The molecule has 140 valence electrons.